The molecule has 0 saturated carbocycles. The van der Waals surface area contributed by atoms with Crippen molar-refractivity contribution in [2.75, 3.05) is 16.6 Å². The smallest absolute Gasteiger partial charge is 0.273 e. The van der Waals surface area contributed by atoms with Crippen LogP contribution >= 0.6 is 11.3 Å². The van der Waals surface area contributed by atoms with Gasteiger partial charge in [-0.3, -0.25) is 4.31 Å². The molecule has 1 aromatic carbocycles. The van der Waals surface area contributed by atoms with Crippen LogP contribution in [0.3, 0.4) is 0 Å². The van der Waals surface area contributed by atoms with Crippen molar-refractivity contribution in [3.05, 3.63) is 40.8 Å². The first kappa shape index (κ1) is 12.5. The largest absolute Gasteiger partial charge is 0.398 e. The molecule has 0 atom stereocenters. The molecular formula is C13H14N2O2S2. The molecule has 4 nitrogen and oxygen atoms in total. The Morgan fingerprint density at radius 1 is 1.37 bits per heavy atom. The first-order valence-electron chi connectivity index (χ1n) is 5.95. The summed E-state index contributed by atoms with van der Waals surface area (Å²) in [7, 11) is -3.44. The maximum atomic E-state index is 12.6. The highest BCUT2D eigenvalue weighted by Gasteiger charge is 2.31. The second-order valence-electron chi connectivity index (χ2n) is 4.60. The second kappa shape index (κ2) is 4.25. The number of thiophene rings is 1. The van der Waals surface area contributed by atoms with Crippen molar-refractivity contribution in [2.45, 2.75) is 17.6 Å². The molecule has 2 heterocycles. The molecule has 0 spiro atoms. The fraction of sp³-hybridized carbons (Fsp3) is 0.231. The van der Waals surface area contributed by atoms with Crippen LogP contribution in [0.1, 0.15) is 11.1 Å². The quantitative estimate of drug-likeness (QED) is 0.865. The normalized spacial score (nSPS) is 14.7. The first-order chi connectivity index (χ1) is 9.00. The topological polar surface area (TPSA) is 63.4 Å². The van der Waals surface area contributed by atoms with Crippen molar-refractivity contribution < 1.29 is 8.42 Å². The number of hydrogen-bond acceptors (Lipinski definition) is 4. The zero-order valence-corrected chi connectivity index (χ0v) is 12.1. The average molecular weight is 294 g/mol. The molecule has 1 aromatic heterocycles. The molecule has 0 bridgehead atoms. The zero-order chi connectivity index (χ0) is 13.6. The van der Waals surface area contributed by atoms with E-state index in [9.17, 15) is 8.42 Å². The predicted molar refractivity (Wildman–Crippen MR) is 78.1 cm³/mol. The average Bonchev–Trinajstić information content (AvgIpc) is 2.98. The van der Waals surface area contributed by atoms with Gasteiger partial charge in [-0.25, -0.2) is 8.42 Å². The van der Waals surface area contributed by atoms with Crippen LogP contribution < -0.4 is 10.0 Å². The van der Waals surface area contributed by atoms with E-state index >= 15 is 0 Å². The van der Waals surface area contributed by atoms with Gasteiger partial charge in [0.1, 0.15) is 4.21 Å². The van der Waals surface area contributed by atoms with Gasteiger partial charge in [-0.1, -0.05) is 12.1 Å². The predicted octanol–water partition coefficient (Wildman–Crippen LogP) is 2.39. The number of nitrogens with zero attached hydrogens (tertiary/aromatic N) is 1. The highest BCUT2D eigenvalue weighted by atomic mass is 32.2. The van der Waals surface area contributed by atoms with E-state index < -0.39 is 10.0 Å². The van der Waals surface area contributed by atoms with Gasteiger partial charge in [-0.2, -0.15) is 0 Å². The summed E-state index contributed by atoms with van der Waals surface area (Å²) in [5.74, 6) is 0. The Labute approximate surface area is 116 Å². The standard InChI is InChI=1S/C13H14N2O2S2/c1-9-7-10-4-5-15(12(10)8-11(9)14)19(16,17)13-3-2-6-18-13/h2-3,6-8H,4-5,14H2,1H3. The maximum absolute atomic E-state index is 12.6. The fourth-order valence-corrected chi connectivity index (χ4v) is 4.92. The van der Waals surface area contributed by atoms with Crippen LogP contribution in [0, 0.1) is 6.92 Å². The van der Waals surface area contributed by atoms with Crippen LogP contribution in [-0.4, -0.2) is 15.0 Å². The van der Waals surface area contributed by atoms with Gasteiger partial charge in [0.2, 0.25) is 0 Å². The Balaban J connectivity index is 2.11. The molecule has 0 radical (unpaired) electrons. The zero-order valence-electron chi connectivity index (χ0n) is 10.5. The van der Waals surface area contributed by atoms with Gasteiger partial charge in [0.05, 0.1) is 5.69 Å². The number of rotatable bonds is 2. The van der Waals surface area contributed by atoms with Gasteiger partial charge in [-0.05, 0) is 42.0 Å². The van der Waals surface area contributed by atoms with Gasteiger partial charge in [0.25, 0.3) is 10.0 Å². The van der Waals surface area contributed by atoms with E-state index in [0.717, 1.165) is 23.2 Å². The van der Waals surface area contributed by atoms with Crippen LogP contribution in [0.2, 0.25) is 0 Å². The minimum absolute atomic E-state index is 0.375. The molecule has 0 aliphatic carbocycles. The number of sulfonamides is 1. The second-order valence-corrected chi connectivity index (χ2v) is 7.63. The maximum Gasteiger partial charge on any atom is 0.273 e. The highest BCUT2D eigenvalue weighted by Crippen LogP contribution is 2.36. The molecule has 100 valence electrons. The monoisotopic (exact) mass is 294 g/mol. The summed E-state index contributed by atoms with van der Waals surface area (Å²) in [5.41, 5.74) is 9.29. The summed E-state index contributed by atoms with van der Waals surface area (Å²) in [4.78, 5) is 0. The van der Waals surface area contributed by atoms with Crippen molar-refractivity contribution in [3.8, 4) is 0 Å². The highest BCUT2D eigenvalue weighted by molar-refractivity contribution is 7.94. The van der Waals surface area contributed by atoms with Gasteiger partial charge in [0, 0.05) is 12.2 Å². The number of aryl methyl sites for hydroxylation is 1. The number of nitrogens with two attached hydrogens (primary N) is 1. The minimum Gasteiger partial charge on any atom is -0.398 e. The first-order valence-corrected chi connectivity index (χ1v) is 8.27. The van der Waals surface area contributed by atoms with Crippen LogP contribution in [0.25, 0.3) is 0 Å². The summed E-state index contributed by atoms with van der Waals surface area (Å²) in [6, 6.07) is 7.13. The third kappa shape index (κ3) is 1.91. The molecule has 0 fully saturated rings. The molecule has 3 rings (SSSR count). The van der Waals surface area contributed by atoms with Crippen molar-refractivity contribution in [1.82, 2.24) is 0 Å². The SMILES string of the molecule is Cc1cc2c(cc1N)N(S(=O)(=O)c1cccs1)CC2. The van der Waals surface area contributed by atoms with Gasteiger partial charge in [0.15, 0.2) is 0 Å². The summed E-state index contributed by atoms with van der Waals surface area (Å²) >= 11 is 1.24. The third-order valence-corrected chi connectivity index (χ3v) is 6.55. The molecule has 0 saturated heterocycles. The molecule has 19 heavy (non-hydrogen) atoms. The number of fused-ring (bicyclic) bond motifs is 1. The molecule has 1 aliphatic rings. The Bertz CT molecular complexity index is 721. The molecular weight excluding hydrogens is 280 g/mol. The van der Waals surface area contributed by atoms with Crippen LogP contribution in [0.5, 0.6) is 0 Å². The van der Waals surface area contributed by atoms with Crippen LogP contribution in [-0.2, 0) is 16.4 Å². The lowest BCUT2D eigenvalue weighted by molar-refractivity contribution is 0.594. The summed E-state index contributed by atoms with van der Waals surface area (Å²) in [6.07, 6.45) is 0.737. The number of anilines is 2. The Kier molecular flexibility index (Phi) is 2.79. The van der Waals surface area contributed by atoms with Crippen molar-refractivity contribution in [2.24, 2.45) is 0 Å². The van der Waals surface area contributed by atoms with Gasteiger partial charge >= 0.3 is 0 Å². The van der Waals surface area contributed by atoms with E-state index in [4.69, 9.17) is 5.73 Å². The van der Waals surface area contributed by atoms with Gasteiger partial charge in [-0.15, -0.1) is 11.3 Å². The van der Waals surface area contributed by atoms with Crippen molar-refractivity contribution in [1.29, 1.82) is 0 Å². The van der Waals surface area contributed by atoms with Crippen LogP contribution in [0.15, 0.2) is 33.9 Å². The Hall–Kier alpha value is -1.53. The molecule has 2 aromatic rings. The molecule has 0 amide bonds. The molecule has 6 heteroatoms. The van der Waals surface area contributed by atoms with E-state index in [1.54, 1.807) is 23.6 Å². The fourth-order valence-electron chi connectivity index (χ4n) is 2.32. The van der Waals surface area contributed by atoms with E-state index in [1.807, 2.05) is 13.0 Å². The van der Waals surface area contributed by atoms with Crippen molar-refractivity contribution >= 4 is 32.7 Å². The van der Waals surface area contributed by atoms with E-state index in [0.29, 0.717) is 16.4 Å². The summed E-state index contributed by atoms with van der Waals surface area (Å²) in [5, 5.41) is 1.77. The lowest BCUT2D eigenvalue weighted by Crippen LogP contribution is -2.28. The third-order valence-electron chi connectivity index (χ3n) is 3.36. The molecule has 0 unspecified atom stereocenters. The Morgan fingerprint density at radius 2 is 2.16 bits per heavy atom. The lowest BCUT2D eigenvalue weighted by atomic mass is 10.1. The van der Waals surface area contributed by atoms with Crippen molar-refractivity contribution in [3.63, 3.8) is 0 Å². The summed E-state index contributed by atoms with van der Waals surface area (Å²) in [6.45, 7) is 2.42. The van der Waals surface area contributed by atoms with E-state index in [2.05, 4.69) is 0 Å². The van der Waals surface area contributed by atoms with Gasteiger partial charge < -0.3 is 5.73 Å². The Morgan fingerprint density at radius 3 is 2.84 bits per heavy atom. The van der Waals surface area contributed by atoms with E-state index in [-0.39, 0.29) is 0 Å². The number of hydrogen-bond donors (Lipinski definition) is 1. The molecule has 2 N–H and O–H groups in total. The summed E-state index contributed by atoms with van der Waals surface area (Å²) < 4.78 is 26.9. The van der Waals surface area contributed by atoms with E-state index in [1.165, 1.54) is 15.6 Å². The number of nitrogen functional groups attached to an aromatic ring is 1. The molecule has 1 aliphatic heterocycles. The minimum atomic E-state index is -3.44. The van der Waals surface area contributed by atoms with Crippen LogP contribution in [0.4, 0.5) is 11.4 Å². The number of benzene rings is 1. The lowest BCUT2D eigenvalue weighted by Gasteiger charge is -2.19.